The van der Waals surface area contributed by atoms with Gasteiger partial charge in [0.05, 0.1) is 18.6 Å². The largest absolute Gasteiger partial charge is 0.472 e. The zero-order chi connectivity index (χ0) is 16.5. The van der Waals surface area contributed by atoms with Crippen molar-refractivity contribution >= 4 is 5.91 Å². The molecule has 0 spiro atoms. The number of carbonyl (C=O) groups is 1. The van der Waals surface area contributed by atoms with Crippen LogP contribution in [0.1, 0.15) is 38.2 Å². The highest BCUT2D eigenvalue weighted by Crippen LogP contribution is 2.35. The third-order valence-corrected chi connectivity index (χ3v) is 5.99. The molecule has 5 heteroatoms. The van der Waals surface area contributed by atoms with Gasteiger partial charge in [0, 0.05) is 31.7 Å². The minimum Gasteiger partial charge on any atom is -0.472 e. The fourth-order valence-electron chi connectivity index (χ4n) is 4.37. The van der Waals surface area contributed by atoms with E-state index in [1.54, 1.807) is 6.26 Å². The van der Waals surface area contributed by atoms with Gasteiger partial charge in [-0.3, -0.25) is 9.69 Å². The van der Waals surface area contributed by atoms with E-state index in [4.69, 9.17) is 9.15 Å². The highest BCUT2D eigenvalue weighted by Gasteiger charge is 2.43. The molecule has 3 atom stereocenters. The first kappa shape index (κ1) is 16.2. The summed E-state index contributed by atoms with van der Waals surface area (Å²) in [6.07, 6.45) is 7.84. The van der Waals surface area contributed by atoms with Crippen molar-refractivity contribution in [2.24, 2.45) is 11.8 Å². The summed E-state index contributed by atoms with van der Waals surface area (Å²) < 4.78 is 11.4. The molecule has 1 aromatic rings. The summed E-state index contributed by atoms with van der Waals surface area (Å²) in [4.78, 5) is 17.2. The number of amides is 1. The smallest absolute Gasteiger partial charge is 0.251 e. The molecule has 0 radical (unpaired) electrons. The lowest BCUT2D eigenvalue weighted by Crippen LogP contribution is -2.44. The fraction of sp³-hybridized carbons (Fsp3) is 0.737. The quantitative estimate of drug-likeness (QED) is 0.853. The summed E-state index contributed by atoms with van der Waals surface area (Å²) in [7, 11) is 0. The van der Waals surface area contributed by atoms with Crippen molar-refractivity contribution in [1.82, 2.24) is 9.80 Å². The van der Waals surface area contributed by atoms with Crippen LogP contribution in [0, 0.1) is 11.8 Å². The van der Waals surface area contributed by atoms with E-state index in [0.29, 0.717) is 5.92 Å². The van der Waals surface area contributed by atoms with Gasteiger partial charge in [0.25, 0.3) is 5.91 Å². The number of rotatable bonds is 3. The van der Waals surface area contributed by atoms with Crippen molar-refractivity contribution in [2.45, 2.75) is 51.4 Å². The predicted molar refractivity (Wildman–Crippen MR) is 90.3 cm³/mol. The molecule has 3 fully saturated rings. The molecule has 0 aliphatic carbocycles. The van der Waals surface area contributed by atoms with Gasteiger partial charge in [-0.25, -0.2) is 0 Å². The molecule has 0 aromatic carbocycles. The van der Waals surface area contributed by atoms with Crippen LogP contribution in [0.5, 0.6) is 0 Å². The van der Waals surface area contributed by atoms with Gasteiger partial charge in [-0.15, -0.1) is 0 Å². The molecule has 0 bridgehead atoms. The topological polar surface area (TPSA) is 45.9 Å². The van der Waals surface area contributed by atoms with Gasteiger partial charge in [-0.05, 0) is 50.1 Å². The average molecular weight is 332 g/mol. The fourth-order valence-corrected chi connectivity index (χ4v) is 4.37. The van der Waals surface area contributed by atoms with E-state index in [1.807, 2.05) is 17.2 Å². The molecule has 3 aliphatic heterocycles. The number of nitrogens with zero attached hydrogens (tertiary/aromatic N) is 2. The molecular weight excluding hydrogens is 304 g/mol. The summed E-state index contributed by atoms with van der Waals surface area (Å²) in [5.74, 6) is 1.53. The van der Waals surface area contributed by atoms with Gasteiger partial charge in [0.15, 0.2) is 0 Å². The van der Waals surface area contributed by atoms with Gasteiger partial charge in [0.2, 0.25) is 0 Å². The Bertz CT molecular complexity index is 551. The van der Waals surface area contributed by atoms with E-state index in [1.165, 1.54) is 5.56 Å². The highest BCUT2D eigenvalue weighted by molar-refractivity contribution is 5.81. The van der Waals surface area contributed by atoms with Crippen LogP contribution in [-0.4, -0.2) is 54.1 Å². The van der Waals surface area contributed by atoms with Gasteiger partial charge in [-0.1, -0.05) is 6.92 Å². The lowest BCUT2D eigenvalue weighted by molar-refractivity contribution is -0.145. The molecule has 0 saturated carbocycles. The summed E-state index contributed by atoms with van der Waals surface area (Å²) in [5, 5.41) is 0. The summed E-state index contributed by atoms with van der Waals surface area (Å²) in [5.41, 5.74) is 1.21. The Morgan fingerprint density at radius 2 is 2.08 bits per heavy atom. The van der Waals surface area contributed by atoms with E-state index in [0.717, 1.165) is 64.3 Å². The molecule has 4 heterocycles. The average Bonchev–Trinajstić information content (AvgIpc) is 3.24. The van der Waals surface area contributed by atoms with Crippen LogP contribution in [0.15, 0.2) is 23.0 Å². The zero-order valence-corrected chi connectivity index (χ0v) is 14.5. The van der Waals surface area contributed by atoms with Crippen LogP contribution in [0.2, 0.25) is 0 Å². The summed E-state index contributed by atoms with van der Waals surface area (Å²) >= 11 is 0. The Morgan fingerprint density at radius 3 is 2.83 bits per heavy atom. The van der Waals surface area contributed by atoms with E-state index in [2.05, 4.69) is 11.8 Å². The van der Waals surface area contributed by atoms with Gasteiger partial charge in [-0.2, -0.15) is 0 Å². The van der Waals surface area contributed by atoms with Crippen molar-refractivity contribution in [3.05, 3.63) is 24.2 Å². The third-order valence-electron chi connectivity index (χ3n) is 5.99. The van der Waals surface area contributed by atoms with E-state index in [-0.39, 0.29) is 18.1 Å². The third kappa shape index (κ3) is 3.38. The number of hydrogen-bond acceptors (Lipinski definition) is 4. The molecular formula is C19H28N2O3. The normalized spacial score (nSPS) is 32.0. The monoisotopic (exact) mass is 332 g/mol. The first-order valence-corrected chi connectivity index (χ1v) is 9.36. The van der Waals surface area contributed by atoms with Crippen LogP contribution in [0.4, 0.5) is 0 Å². The number of carbonyl (C=O) groups excluding carboxylic acids is 1. The zero-order valence-electron chi connectivity index (χ0n) is 14.5. The molecule has 3 saturated heterocycles. The maximum Gasteiger partial charge on any atom is 0.251 e. The van der Waals surface area contributed by atoms with Crippen molar-refractivity contribution < 1.29 is 13.9 Å². The van der Waals surface area contributed by atoms with Gasteiger partial charge in [0.1, 0.15) is 6.10 Å². The van der Waals surface area contributed by atoms with Crippen LogP contribution >= 0.6 is 0 Å². The number of furan rings is 1. The Morgan fingerprint density at radius 1 is 1.25 bits per heavy atom. The van der Waals surface area contributed by atoms with E-state index in [9.17, 15) is 4.79 Å². The second kappa shape index (κ2) is 6.89. The van der Waals surface area contributed by atoms with Crippen LogP contribution in [-0.2, 0) is 16.1 Å². The molecule has 1 amide bonds. The Labute approximate surface area is 143 Å². The minimum absolute atomic E-state index is 0.206. The first-order valence-electron chi connectivity index (χ1n) is 9.36. The molecule has 5 nitrogen and oxygen atoms in total. The van der Waals surface area contributed by atoms with Crippen LogP contribution < -0.4 is 0 Å². The molecule has 0 N–H and O–H groups in total. The minimum atomic E-state index is -0.206. The highest BCUT2D eigenvalue weighted by atomic mass is 16.5. The van der Waals surface area contributed by atoms with Crippen molar-refractivity contribution in [3.8, 4) is 0 Å². The van der Waals surface area contributed by atoms with Crippen molar-refractivity contribution in [1.29, 1.82) is 0 Å². The van der Waals surface area contributed by atoms with E-state index >= 15 is 0 Å². The maximum absolute atomic E-state index is 12.8. The predicted octanol–water partition coefficient (Wildman–Crippen LogP) is 2.52. The van der Waals surface area contributed by atoms with Crippen molar-refractivity contribution in [2.75, 3.05) is 26.2 Å². The van der Waals surface area contributed by atoms with Crippen LogP contribution in [0.25, 0.3) is 0 Å². The molecule has 0 unspecified atom stereocenters. The maximum atomic E-state index is 12.8. The second-order valence-corrected chi connectivity index (χ2v) is 7.82. The number of fused-ring (bicyclic) bond motifs is 1. The number of likely N-dealkylation sites (tertiary alicyclic amines) is 2. The Hall–Kier alpha value is -1.33. The molecule has 24 heavy (non-hydrogen) atoms. The standard InChI is InChI=1S/C19H28N2O3/c1-14-2-7-21(8-3-14)19(22)17-10-16-4-6-20(12-18(16)24-17)11-15-5-9-23-13-15/h5,9,13-14,16-18H,2-4,6-8,10-12H2,1H3/t16-,17+,18+/m1/s1. The Balaban J connectivity index is 1.31. The lowest BCUT2D eigenvalue weighted by atomic mass is 9.91. The van der Waals surface area contributed by atoms with Gasteiger partial charge >= 0.3 is 0 Å². The second-order valence-electron chi connectivity index (χ2n) is 7.82. The molecule has 1 aromatic heterocycles. The Kier molecular flexibility index (Phi) is 4.63. The molecule has 3 aliphatic rings. The van der Waals surface area contributed by atoms with Crippen LogP contribution in [0.3, 0.4) is 0 Å². The molecule has 132 valence electrons. The first-order chi connectivity index (χ1) is 11.7. The van der Waals surface area contributed by atoms with Crippen molar-refractivity contribution in [3.63, 3.8) is 0 Å². The molecule has 4 rings (SSSR count). The summed E-state index contributed by atoms with van der Waals surface area (Å²) in [6, 6.07) is 2.02. The van der Waals surface area contributed by atoms with E-state index < -0.39 is 0 Å². The summed E-state index contributed by atoms with van der Waals surface area (Å²) in [6.45, 7) is 7.00. The lowest BCUT2D eigenvalue weighted by Gasteiger charge is -2.34. The van der Waals surface area contributed by atoms with Gasteiger partial charge < -0.3 is 14.1 Å². The number of ether oxygens (including phenoxy) is 1. The number of piperidine rings is 2. The SMILES string of the molecule is CC1CCN(C(=O)[C@@H]2C[C@H]3CCN(Cc4ccoc4)C[C@@H]3O2)CC1. The number of hydrogen-bond donors (Lipinski definition) is 0.